The average Bonchev–Trinajstić information content (AvgIpc) is 3.12. The molecule has 0 N–H and O–H groups in total. The SMILES string of the molecule is COCCOCN(c1onc(C)c1C)S(=O)(=O)c1ccccc1-c1ccc(SC(C)C)cc1. The minimum absolute atomic E-state index is 0.142. The Kier molecular flexibility index (Phi) is 8.58. The predicted octanol–water partition coefficient (Wildman–Crippen LogP) is 5.27. The van der Waals surface area contributed by atoms with E-state index in [9.17, 15) is 8.42 Å². The van der Waals surface area contributed by atoms with Crippen molar-refractivity contribution < 1.29 is 22.4 Å². The second-order valence-electron chi connectivity index (χ2n) is 7.77. The van der Waals surface area contributed by atoms with Crippen LogP contribution in [0.1, 0.15) is 25.1 Å². The maximum absolute atomic E-state index is 13.9. The molecule has 0 amide bonds. The molecular formula is C24H30N2O5S2. The monoisotopic (exact) mass is 490 g/mol. The molecule has 1 heterocycles. The first-order valence-corrected chi connectivity index (χ1v) is 13.0. The number of aryl methyl sites for hydroxylation is 1. The highest BCUT2D eigenvalue weighted by atomic mass is 32.2. The summed E-state index contributed by atoms with van der Waals surface area (Å²) in [6, 6.07) is 14.9. The van der Waals surface area contributed by atoms with E-state index >= 15 is 0 Å². The third-order valence-corrected chi connectivity index (χ3v) is 7.77. The van der Waals surface area contributed by atoms with Crippen molar-refractivity contribution in [3.63, 3.8) is 0 Å². The van der Waals surface area contributed by atoms with Gasteiger partial charge >= 0.3 is 0 Å². The molecule has 0 aliphatic carbocycles. The Morgan fingerprint density at radius 1 is 1.06 bits per heavy atom. The lowest BCUT2D eigenvalue weighted by atomic mass is 10.1. The molecule has 2 aromatic carbocycles. The number of thioether (sulfide) groups is 1. The van der Waals surface area contributed by atoms with Gasteiger partial charge in [0.25, 0.3) is 10.0 Å². The molecular weight excluding hydrogens is 460 g/mol. The fraction of sp³-hybridized carbons (Fsp3) is 0.375. The predicted molar refractivity (Wildman–Crippen MR) is 131 cm³/mol. The van der Waals surface area contributed by atoms with E-state index in [4.69, 9.17) is 14.0 Å². The van der Waals surface area contributed by atoms with Crippen LogP contribution in [-0.4, -0.2) is 45.9 Å². The number of benzene rings is 2. The highest BCUT2D eigenvalue weighted by molar-refractivity contribution is 7.99. The molecule has 0 radical (unpaired) electrons. The molecule has 0 spiro atoms. The Balaban J connectivity index is 2.02. The van der Waals surface area contributed by atoms with Crippen LogP contribution in [0.4, 0.5) is 5.88 Å². The molecule has 0 bridgehead atoms. The van der Waals surface area contributed by atoms with E-state index < -0.39 is 10.0 Å². The lowest BCUT2D eigenvalue weighted by molar-refractivity contribution is 0.0744. The number of sulfonamides is 1. The fourth-order valence-corrected chi connectivity index (χ4v) is 5.59. The second kappa shape index (κ2) is 11.2. The Hall–Kier alpha value is -2.33. The van der Waals surface area contributed by atoms with Gasteiger partial charge in [-0.3, -0.25) is 0 Å². The number of nitrogens with zero attached hydrogens (tertiary/aromatic N) is 2. The normalized spacial score (nSPS) is 11.8. The molecule has 0 unspecified atom stereocenters. The van der Waals surface area contributed by atoms with Crippen molar-refractivity contribution in [3.8, 4) is 11.1 Å². The van der Waals surface area contributed by atoms with E-state index in [-0.39, 0.29) is 24.1 Å². The van der Waals surface area contributed by atoms with Gasteiger partial charge in [0.15, 0.2) is 0 Å². The third kappa shape index (κ3) is 5.97. The van der Waals surface area contributed by atoms with Gasteiger partial charge in [-0.1, -0.05) is 49.3 Å². The van der Waals surface area contributed by atoms with Crippen molar-refractivity contribution in [1.29, 1.82) is 0 Å². The average molecular weight is 491 g/mol. The quantitative estimate of drug-likeness (QED) is 0.206. The Morgan fingerprint density at radius 2 is 1.76 bits per heavy atom. The molecule has 0 aliphatic heterocycles. The van der Waals surface area contributed by atoms with Crippen molar-refractivity contribution in [1.82, 2.24) is 5.16 Å². The Labute approximate surface area is 200 Å². The van der Waals surface area contributed by atoms with Gasteiger partial charge in [0.2, 0.25) is 5.88 Å². The van der Waals surface area contributed by atoms with Crippen molar-refractivity contribution in [2.45, 2.75) is 42.7 Å². The zero-order valence-corrected chi connectivity index (χ0v) is 21.2. The highest BCUT2D eigenvalue weighted by Gasteiger charge is 2.32. The maximum atomic E-state index is 13.9. The second-order valence-corrected chi connectivity index (χ2v) is 11.2. The summed E-state index contributed by atoms with van der Waals surface area (Å²) in [4.78, 5) is 1.30. The Morgan fingerprint density at radius 3 is 2.36 bits per heavy atom. The Bertz CT molecular complexity index is 1160. The number of hydrogen-bond acceptors (Lipinski definition) is 7. The summed E-state index contributed by atoms with van der Waals surface area (Å²) in [5, 5.41) is 4.40. The number of ether oxygens (including phenoxy) is 2. The van der Waals surface area contributed by atoms with Crippen LogP contribution in [0.3, 0.4) is 0 Å². The van der Waals surface area contributed by atoms with Crippen LogP contribution in [0.5, 0.6) is 0 Å². The molecule has 7 nitrogen and oxygen atoms in total. The molecule has 3 rings (SSSR count). The third-order valence-electron chi connectivity index (χ3n) is 4.99. The minimum atomic E-state index is -4.03. The van der Waals surface area contributed by atoms with Gasteiger partial charge in [-0.2, -0.15) is 0 Å². The highest BCUT2D eigenvalue weighted by Crippen LogP contribution is 2.34. The molecule has 3 aromatic rings. The van der Waals surface area contributed by atoms with Gasteiger partial charge in [-0.25, -0.2) is 12.7 Å². The summed E-state index contributed by atoms with van der Waals surface area (Å²) in [6.45, 7) is 8.18. The van der Waals surface area contributed by atoms with Gasteiger partial charge in [0.1, 0.15) is 6.73 Å². The summed E-state index contributed by atoms with van der Waals surface area (Å²) >= 11 is 1.76. The number of rotatable bonds is 11. The number of aromatic nitrogens is 1. The van der Waals surface area contributed by atoms with E-state index in [2.05, 4.69) is 19.0 Å². The van der Waals surface area contributed by atoms with Crippen LogP contribution in [-0.2, 0) is 19.5 Å². The van der Waals surface area contributed by atoms with E-state index in [1.165, 1.54) is 0 Å². The van der Waals surface area contributed by atoms with Crippen LogP contribution < -0.4 is 4.31 Å². The summed E-state index contributed by atoms with van der Waals surface area (Å²) in [5.74, 6) is 0.142. The fourth-order valence-electron chi connectivity index (χ4n) is 3.20. The van der Waals surface area contributed by atoms with E-state index in [0.29, 0.717) is 28.7 Å². The van der Waals surface area contributed by atoms with Crippen molar-refractivity contribution in [2.75, 3.05) is 31.4 Å². The van der Waals surface area contributed by atoms with E-state index in [1.54, 1.807) is 50.9 Å². The standard InChI is InChI=1S/C24H30N2O5S2/c1-17(2)32-21-12-10-20(11-13-21)22-8-6-7-9-23(22)33(27,28)26(16-30-15-14-29-5)24-18(3)19(4)25-31-24/h6-13,17H,14-16H2,1-5H3. The van der Waals surface area contributed by atoms with Crippen LogP contribution in [0.2, 0.25) is 0 Å². The lowest BCUT2D eigenvalue weighted by Gasteiger charge is -2.23. The molecule has 0 aliphatic rings. The van der Waals surface area contributed by atoms with Crippen LogP contribution in [0.15, 0.2) is 62.8 Å². The molecule has 0 atom stereocenters. The maximum Gasteiger partial charge on any atom is 0.269 e. The van der Waals surface area contributed by atoms with Crippen LogP contribution in [0.25, 0.3) is 11.1 Å². The number of hydrogen-bond donors (Lipinski definition) is 0. The van der Waals surface area contributed by atoms with Gasteiger partial charge in [0.05, 0.1) is 23.8 Å². The van der Waals surface area contributed by atoms with Gasteiger partial charge in [0, 0.05) is 28.4 Å². The van der Waals surface area contributed by atoms with Gasteiger partial charge < -0.3 is 14.0 Å². The van der Waals surface area contributed by atoms with Gasteiger partial charge in [-0.15, -0.1) is 11.8 Å². The largest absolute Gasteiger partial charge is 0.382 e. The minimum Gasteiger partial charge on any atom is -0.382 e. The molecule has 0 saturated carbocycles. The van der Waals surface area contributed by atoms with Crippen LogP contribution in [0, 0.1) is 13.8 Å². The van der Waals surface area contributed by atoms with E-state index in [1.807, 2.05) is 30.3 Å². The van der Waals surface area contributed by atoms with Crippen molar-refractivity contribution >= 4 is 27.7 Å². The van der Waals surface area contributed by atoms with Crippen LogP contribution >= 0.6 is 11.8 Å². The van der Waals surface area contributed by atoms with Gasteiger partial charge in [-0.05, 0) is 37.6 Å². The molecule has 178 valence electrons. The first-order chi connectivity index (χ1) is 15.8. The number of methoxy groups -OCH3 is 1. The molecule has 0 fully saturated rings. The summed E-state index contributed by atoms with van der Waals surface area (Å²) in [5.41, 5.74) is 2.68. The first-order valence-electron chi connectivity index (χ1n) is 10.6. The van der Waals surface area contributed by atoms with Crippen molar-refractivity contribution in [2.24, 2.45) is 0 Å². The smallest absolute Gasteiger partial charge is 0.269 e. The number of anilines is 1. The molecule has 9 heteroatoms. The zero-order valence-electron chi connectivity index (χ0n) is 19.6. The van der Waals surface area contributed by atoms with E-state index in [0.717, 1.165) is 14.8 Å². The zero-order chi connectivity index (χ0) is 24.0. The molecule has 0 saturated heterocycles. The summed E-state index contributed by atoms with van der Waals surface area (Å²) in [7, 11) is -2.47. The molecule has 1 aromatic heterocycles. The van der Waals surface area contributed by atoms with Crippen molar-refractivity contribution in [3.05, 3.63) is 59.8 Å². The first kappa shape index (κ1) is 25.3. The molecule has 33 heavy (non-hydrogen) atoms. The lowest BCUT2D eigenvalue weighted by Crippen LogP contribution is -2.34. The summed E-state index contributed by atoms with van der Waals surface area (Å²) < 4.78 is 44.9. The topological polar surface area (TPSA) is 81.9 Å². The summed E-state index contributed by atoms with van der Waals surface area (Å²) in [6.07, 6.45) is 0.